The first kappa shape index (κ1) is 30.4. The Kier molecular flexibility index (Phi) is 10.0. The highest BCUT2D eigenvalue weighted by atomic mass is 32.1. The first-order valence-corrected chi connectivity index (χ1v) is 14.3. The van der Waals surface area contributed by atoms with Crippen LogP contribution < -0.4 is 10.6 Å². The summed E-state index contributed by atoms with van der Waals surface area (Å²) in [4.78, 5) is 30.2. The van der Waals surface area contributed by atoms with Gasteiger partial charge in [-0.15, -0.1) is 6.58 Å². The lowest BCUT2D eigenvalue weighted by Gasteiger charge is -2.37. The number of nitro benzene ring substituents is 1. The summed E-state index contributed by atoms with van der Waals surface area (Å²) in [5, 5.41) is 20.4. The zero-order valence-corrected chi connectivity index (χ0v) is 24.8. The van der Waals surface area contributed by atoms with E-state index >= 15 is 0 Å². The fraction of sp³-hybridized carbons (Fsp3) is 0.281. The summed E-state index contributed by atoms with van der Waals surface area (Å²) in [6.45, 7) is 9.96. The van der Waals surface area contributed by atoms with Gasteiger partial charge < -0.3 is 20.1 Å². The Morgan fingerprint density at radius 1 is 1.17 bits per heavy atom. The Labute approximate surface area is 251 Å². The number of benzene rings is 3. The number of nitrogens with zero attached hydrogens (tertiary/aromatic N) is 4. The maximum Gasteiger partial charge on any atom is 0.269 e. The summed E-state index contributed by atoms with van der Waals surface area (Å²) in [7, 11) is 0. The van der Waals surface area contributed by atoms with Crippen molar-refractivity contribution in [2.24, 2.45) is 0 Å². The average molecular weight is 585 g/mol. The third kappa shape index (κ3) is 7.79. The number of hydrogen-bond donors (Lipinski definition) is 2. The Morgan fingerprint density at radius 2 is 1.90 bits per heavy atom. The minimum atomic E-state index is -0.565. The number of nitrogens with one attached hydrogen (secondary N) is 2. The molecule has 1 aromatic heterocycles. The Bertz CT molecular complexity index is 1560. The van der Waals surface area contributed by atoms with E-state index in [1.165, 1.54) is 17.5 Å². The molecule has 0 saturated carbocycles. The van der Waals surface area contributed by atoms with Gasteiger partial charge in [-0.05, 0) is 47.5 Å². The van der Waals surface area contributed by atoms with Gasteiger partial charge in [-0.25, -0.2) is 4.98 Å². The van der Waals surface area contributed by atoms with Crippen molar-refractivity contribution in [1.29, 1.82) is 0 Å². The molecule has 218 valence electrons. The normalized spacial score (nSPS) is 12.3. The summed E-state index contributed by atoms with van der Waals surface area (Å²) in [6, 6.07) is 20.9. The summed E-state index contributed by atoms with van der Waals surface area (Å²) in [5.74, 6) is -0.125. The second kappa shape index (κ2) is 13.9. The lowest BCUT2D eigenvalue weighted by molar-refractivity contribution is -0.384. The van der Waals surface area contributed by atoms with E-state index in [0.29, 0.717) is 37.7 Å². The highest BCUT2D eigenvalue weighted by Gasteiger charge is 2.29. The van der Waals surface area contributed by atoms with E-state index in [9.17, 15) is 14.9 Å². The van der Waals surface area contributed by atoms with E-state index in [0.717, 1.165) is 22.2 Å². The van der Waals surface area contributed by atoms with Gasteiger partial charge in [0.25, 0.3) is 5.69 Å². The first-order chi connectivity index (χ1) is 20.2. The molecule has 1 heterocycles. The van der Waals surface area contributed by atoms with Crippen molar-refractivity contribution in [2.75, 3.05) is 13.1 Å². The van der Waals surface area contributed by atoms with Crippen molar-refractivity contribution < 1.29 is 9.72 Å². The predicted octanol–water partition coefficient (Wildman–Crippen LogP) is 5.38. The quantitative estimate of drug-likeness (QED) is 0.0941. The van der Waals surface area contributed by atoms with E-state index in [2.05, 4.69) is 64.4 Å². The Hall–Kier alpha value is -4.57. The molecule has 0 spiro atoms. The molecule has 10 heteroatoms. The number of carbonyl (C=O) groups is 1. The van der Waals surface area contributed by atoms with Crippen molar-refractivity contribution in [1.82, 2.24) is 25.1 Å². The van der Waals surface area contributed by atoms with Gasteiger partial charge in [0.05, 0.1) is 23.2 Å². The van der Waals surface area contributed by atoms with Crippen LogP contribution in [0.5, 0.6) is 0 Å². The molecule has 42 heavy (non-hydrogen) atoms. The van der Waals surface area contributed by atoms with Crippen LogP contribution in [0.2, 0.25) is 0 Å². The van der Waals surface area contributed by atoms with E-state index < -0.39 is 10.5 Å². The van der Waals surface area contributed by atoms with E-state index in [-0.39, 0.29) is 18.0 Å². The van der Waals surface area contributed by atoms with Crippen LogP contribution in [0.3, 0.4) is 0 Å². The minimum absolute atomic E-state index is 0.0384. The number of aromatic nitrogens is 2. The van der Waals surface area contributed by atoms with E-state index in [4.69, 9.17) is 12.2 Å². The van der Waals surface area contributed by atoms with E-state index in [1.807, 2.05) is 23.6 Å². The molecule has 3 aromatic carbocycles. The average Bonchev–Trinajstić information content (AvgIpc) is 3.41. The van der Waals surface area contributed by atoms with Crippen LogP contribution in [0, 0.1) is 10.1 Å². The largest absolute Gasteiger partial charge is 0.359 e. The molecule has 4 aromatic rings. The third-order valence-corrected chi connectivity index (χ3v) is 7.73. The van der Waals surface area contributed by atoms with Gasteiger partial charge in [-0.3, -0.25) is 14.9 Å². The molecule has 1 unspecified atom stereocenters. The van der Waals surface area contributed by atoms with Crippen molar-refractivity contribution in [3.63, 3.8) is 0 Å². The zero-order valence-electron chi connectivity index (χ0n) is 24.0. The van der Waals surface area contributed by atoms with Gasteiger partial charge in [-0.1, -0.05) is 67.6 Å². The fourth-order valence-electron chi connectivity index (χ4n) is 4.87. The number of imidazole rings is 1. The van der Waals surface area contributed by atoms with Crippen molar-refractivity contribution in [2.45, 2.75) is 45.3 Å². The van der Waals surface area contributed by atoms with Gasteiger partial charge in [0, 0.05) is 50.2 Å². The second-order valence-corrected chi connectivity index (χ2v) is 10.9. The first-order valence-electron chi connectivity index (χ1n) is 13.8. The minimum Gasteiger partial charge on any atom is -0.359 e. The number of non-ortho nitro benzene ring substituents is 1. The van der Waals surface area contributed by atoms with Crippen LogP contribution in [0.25, 0.3) is 10.8 Å². The number of rotatable bonds is 13. The summed E-state index contributed by atoms with van der Waals surface area (Å²) in [5.41, 5.74) is 2.25. The molecule has 1 atom stereocenters. The monoisotopic (exact) mass is 584 g/mol. The Balaban J connectivity index is 1.47. The summed E-state index contributed by atoms with van der Waals surface area (Å²) >= 11 is 5.79. The number of nitro groups is 1. The zero-order chi connectivity index (χ0) is 30.1. The number of fused-ring (bicyclic) bond motifs is 1. The van der Waals surface area contributed by atoms with Crippen LogP contribution in [-0.2, 0) is 24.3 Å². The van der Waals surface area contributed by atoms with Crippen molar-refractivity contribution >= 4 is 39.7 Å². The molecule has 9 nitrogen and oxygen atoms in total. The maximum absolute atomic E-state index is 13.4. The van der Waals surface area contributed by atoms with Crippen molar-refractivity contribution in [3.05, 3.63) is 119 Å². The van der Waals surface area contributed by atoms with Crippen LogP contribution in [0.1, 0.15) is 37.1 Å². The second-order valence-electron chi connectivity index (χ2n) is 10.5. The molecule has 0 bridgehead atoms. The van der Waals surface area contributed by atoms with Crippen LogP contribution in [-0.4, -0.2) is 49.0 Å². The summed E-state index contributed by atoms with van der Waals surface area (Å²) in [6.07, 6.45) is 5.94. The van der Waals surface area contributed by atoms with Crippen LogP contribution in [0.4, 0.5) is 5.69 Å². The highest BCUT2D eigenvalue weighted by Crippen LogP contribution is 2.22. The Morgan fingerprint density at radius 3 is 2.62 bits per heavy atom. The molecule has 0 aliphatic heterocycles. The number of amides is 1. The molecule has 0 aliphatic carbocycles. The fourth-order valence-corrected chi connectivity index (χ4v) is 5.08. The van der Waals surface area contributed by atoms with Gasteiger partial charge in [0.2, 0.25) is 5.91 Å². The highest BCUT2D eigenvalue weighted by molar-refractivity contribution is 7.80. The summed E-state index contributed by atoms with van der Waals surface area (Å²) < 4.78 is 1.88. The predicted molar refractivity (Wildman–Crippen MR) is 170 cm³/mol. The number of hydrogen-bond acceptors (Lipinski definition) is 5. The van der Waals surface area contributed by atoms with E-state index in [1.54, 1.807) is 30.7 Å². The van der Waals surface area contributed by atoms with Gasteiger partial charge in [0.1, 0.15) is 0 Å². The lowest BCUT2D eigenvalue weighted by atomic mass is 9.96. The number of carbonyl (C=O) groups excluding carboxylic acids is 1. The SMILES string of the molecule is C=CCNC(=S)N(Cc1cccc2ccccc12)CC(C)(CC)NC(=O)Cc1cncn1Cc1ccc([N+](=O)[O-])cc1. The van der Waals surface area contributed by atoms with Crippen LogP contribution >= 0.6 is 12.2 Å². The standard InChI is InChI=1S/C32H36N6O3S/c1-4-17-34-31(42)36(21-26-11-8-10-25-9-6-7-12-29(25)26)22-32(3,5-2)35-30(39)18-28-19-33-23-37(28)20-24-13-15-27(16-14-24)38(40)41/h4,6-16,19,23H,1,5,17-18,20-22H2,2-3H3,(H,34,42)(H,35,39). The molecule has 1 amide bonds. The molecule has 0 fully saturated rings. The molecular formula is C32H36N6O3S. The molecule has 4 rings (SSSR count). The van der Waals surface area contributed by atoms with Gasteiger partial charge in [-0.2, -0.15) is 0 Å². The van der Waals surface area contributed by atoms with Crippen LogP contribution in [0.15, 0.2) is 91.9 Å². The third-order valence-electron chi connectivity index (χ3n) is 7.33. The maximum atomic E-state index is 13.4. The molecule has 2 N–H and O–H groups in total. The molecule has 0 aliphatic rings. The number of thiocarbonyl (C=S) groups is 1. The lowest BCUT2D eigenvalue weighted by Crippen LogP contribution is -2.56. The van der Waals surface area contributed by atoms with Gasteiger partial charge in [0.15, 0.2) is 5.11 Å². The van der Waals surface area contributed by atoms with Crippen molar-refractivity contribution in [3.8, 4) is 0 Å². The topological polar surface area (TPSA) is 105 Å². The van der Waals surface area contributed by atoms with Gasteiger partial charge >= 0.3 is 0 Å². The molecule has 0 saturated heterocycles. The molecular weight excluding hydrogens is 548 g/mol. The smallest absolute Gasteiger partial charge is 0.269 e. The molecule has 0 radical (unpaired) electrons.